The number of rotatable bonds is 7. The highest BCUT2D eigenvalue weighted by Crippen LogP contribution is 2.11. The number of unbranched alkanes of at least 4 members (excludes halogenated alkanes) is 2. The summed E-state index contributed by atoms with van der Waals surface area (Å²) < 4.78 is 0. The van der Waals surface area contributed by atoms with E-state index in [2.05, 4.69) is 20.4 Å². The molecule has 0 aromatic heterocycles. The molecule has 0 amide bonds. The molecule has 0 heterocycles. The molecule has 0 saturated carbocycles. The summed E-state index contributed by atoms with van der Waals surface area (Å²) in [6.45, 7) is 7.31. The topological polar surface area (TPSA) is 0 Å². The Morgan fingerprint density at radius 3 is 1.67 bits per heavy atom. The van der Waals surface area contributed by atoms with Gasteiger partial charge in [0.2, 0.25) is 0 Å². The van der Waals surface area contributed by atoms with Crippen molar-refractivity contribution >= 4 is 25.9 Å². The van der Waals surface area contributed by atoms with Crippen molar-refractivity contribution in [2.45, 2.75) is 58.2 Å². The molecule has 0 aromatic carbocycles. The van der Waals surface area contributed by atoms with Crippen LogP contribution in [0.2, 0.25) is 18.6 Å². The summed E-state index contributed by atoms with van der Waals surface area (Å²) >= 11 is 0. The van der Waals surface area contributed by atoms with Crippen LogP contribution in [-0.2, 0) is 0 Å². The summed E-state index contributed by atoms with van der Waals surface area (Å²) in [5.74, 6) is 0. The third kappa shape index (κ3) is 6.20. The molecule has 0 aliphatic carbocycles. The standard InChI is InChI=1S/C9H26Si3/c1-4-6-8-12(11(3)10)9-7-5-2/h11-12H,4-9H2,1-3,10H3. The van der Waals surface area contributed by atoms with Gasteiger partial charge in [-0.25, -0.2) is 0 Å². The first kappa shape index (κ1) is 12.7. The lowest BCUT2D eigenvalue weighted by atomic mass is 10.4. The number of hydrogen-bond acceptors (Lipinski definition) is 0. The zero-order valence-electron chi connectivity index (χ0n) is 9.40. The zero-order valence-corrected chi connectivity index (χ0v) is 13.7. The van der Waals surface area contributed by atoms with Crippen LogP contribution < -0.4 is 0 Å². The second kappa shape index (κ2) is 8.26. The molecule has 0 saturated heterocycles. The molecule has 0 aliphatic rings. The molecule has 12 heavy (non-hydrogen) atoms. The quantitative estimate of drug-likeness (QED) is 0.570. The fourth-order valence-corrected chi connectivity index (χ4v) is 16.6. The zero-order chi connectivity index (χ0) is 9.40. The Hall–Kier alpha value is 0.651. The maximum Gasteiger partial charge on any atom is 0.0242 e. The van der Waals surface area contributed by atoms with Gasteiger partial charge in [0.25, 0.3) is 0 Å². The van der Waals surface area contributed by atoms with Crippen molar-refractivity contribution in [3.8, 4) is 0 Å². The molecule has 74 valence electrons. The SMILES string of the molecule is CCCC[SiH](CCCC)[SiH](C)[SiH3]. The van der Waals surface area contributed by atoms with Crippen molar-refractivity contribution < 1.29 is 0 Å². The van der Waals surface area contributed by atoms with E-state index < -0.39 is 0 Å². The fraction of sp³-hybridized carbons (Fsp3) is 1.00. The summed E-state index contributed by atoms with van der Waals surface area (Å²) in [7, 11) is 1.37. The maximum atomic E-state index is 2.63. The highest BCUT2D eigenvalue weighted by Gasteiger charge is 2.14. The van der Waals surface area contributed by atoms with Crippen molar-refractivity contribution in [3.05, 3.63) is 0 Å². The first-order valence-electron chi connectivity index (χ1n) is 5.72. The van der Waals surface area contributed by atoms with Crippen molar-refractivity contribution in [1.82, 2.24) is 0 Å². The van der Waals surface area contributed by atoms with Gasteiger partial charge in [-0.3, -0.25) is 0 Å². The van der Waals surface area contributed by atoms with E-state index in [1.165, 1.54) is 12.8 Å². The average Bonchev–Trinajstić information content (AvgIpc) is 2.04. The van der Waals surface area contributed by atoms with Gasteiger partial charge in [0, 0.05) is 16.1 Å². The van der Waals surface area contributed by atoms with Crippen molar-refractivity contribution in [1.29, 1.82) is 0 Å². The van der Waals surface area contributed by atoms with Gasteiger partial charge in [0.15, 0.2) is 0 Å². The van der Waals surface area contributed by atoms with Crippen molar-refractivity contribution in [2.75, 3.05) is 0 Å². The highest BCUT2D eigenvalue weighted by molar-refractivity contribution is 7.40. The normalized spacial score (nSPS) is 14.0. The first-order valence-corrected chi connectivity index (χ1v) is 15.8. The van der Waals surface area contributed by atoms with Crippen LogP contribution in [0.15, 0.2) is 0 Å². The smallest absolute Gasteiger partial charge is 0.0242 e. The fourth-order valence-electron chi connectivity index (χ4n) is 1.74. The van der Waals surface area contributed by atoms with E-state index in [1.807, 2.05) is 0 Å². The Morgan fingerprint density at radius 2 is 1.42 bits per heavy atom. The molecule has 1 unspecified atom stereocenters. The second-order valence-corrected chi connectivity index (χ2v) is 25.7. The van der Waals surface area contributed by atoms with E-state index in [0.717, 1.165) is 0 Å². The van der Waals surface area contributed by atoms with Crippen LogP contribution >= 0.6 is 0 Å². The van der Waals surface area contributed by atoms with E-state index in [4.69, 9.17) is 0 Å². The van der Waals surface area contributed by atoms with Gasteiger partial charge in [-0.2, -0.15) is 0 Å². The molecule has 0 spiro atoms. The summed E-state index contributed by atoms with van der Waals surface area (Å²) in [5, 5.41) is 0. The van der Waals surface area contributed by atoms with E-state index >= 15 is 0 Å². The molecular weight excluding hydrogens is 192 g/mol. The minimum atomic E-state index is -0.142. The van der Waals surface area contributed by atoms with Gasteiger partial charge in [-0.05, 0) is 9.76 Å². The maximum absolute atomic E-state index is 2.63. The van der Waals surface area contributed by atoms with Crippen LogP contribution in [0, 0.1) is 0 Å². The molecule has 0 fully saturated rings. The van der Waals surface area contributed by atoms with Gasteiger partial charge in [-0.1, -0.05) is 58.2 Å². The van der Waals surface area contributed by atoms with Gasteiger partial charge >= 0.3 is 0 Å². The van der Waals surface area contributed by atoms with E-state index in [9.17, 15) is 0 Å². The molecule has 0 aliphatic heterocycles. The molecular formula is C9H26Si3. The molecule has 0 rings (SSSR count). The Morgan fingerprint density at radius 1 is 1.00 bits per heavy atom. The predicted octanol–water partition coefficient (Wildman–Crippen LogP) is 1.61. The van der Waals surface area contributed by atoms with Gasteiger partial charge in [0.05, 0.1) is 0 Å². The van der Waals surface area contributed by atoms with Crippen LogP contribution in [-0.4, -0.2) is 25.9 Å². The summed E-state index contributed by atoms with van der Waals surface area (Å²) in [6.07, 6.45) is 5.94. The molecule has 0 N–H and O–H groups in total. The predicted molar refractivity (Wildman–Crippen MR) is 69.5 cm³/mol. The monoisotopic (exact) mass is 218 g/mol. The van der Waals surface area contributed by atoms with Crippen LogP contribution in [0.1, 0.15) is 39.5 Å². The molecule has 1 atom stereocenters. The van der Waals surface area contributed by atoms with Crippen LogP contribution in [0.25, 0.3) is 0 Å². The van der Waals surface area contributed by atoms with Crippen molar-refractivity contribution in [3.63, 3.8) is 0 Å². The molecule has 0 nitrogen and oxygen atoms in total. The Kier molecular flexibility index (Phi) is 8.71. The Bertz CT molecular complexity index is 85.8. The lowest BCUT2D eigenvalue weighted by Crippen LogP contribution is -2.32. The summed E-state index contributed by atoms with van der Waals surface area (Å²) in [6, 6.07) is 3.38. The van der Waals surface area contributed by atoms with Gasteiger partial charge in [-0.15, -0.1) is 0 Å². The Labute approximate surface area is 84.4 Å². The van der Waals surface area contributed by atoms with E-state index in [0.29, 0.717) is 0 Å². The molecule has 0 bridgehead atoms. The minimum absolute atomic E-state index is 0.0709. The second-order valence-electron chi connectivity index (χ2n) is 4.29. The van der Waals surface area contributed by atoms with E-state index in [-0.39, 0.29) is 16.1 Å². The summed E-state index contributed by atoms with van der Waals surface area (Å²) in [4.78, 5) is 0. The van der Waals surface area contributed by atoms with Crippen LogP contribution in [0.5, 0.6) is 0 Å². The Balaban J connectivity index is 3.55. The third-order valence-electron chi connectivity index (χ3n) is 2.80. The highest BCUT2D eigenvalue weighted by atomic mass is 29.6. The van der Waals surface area contributed by atoms with Crippen molar-refractivity contribution in [2.24, 2.45) is 0 Å². The lowest BCUT2D eigenvalue weighted by Gasteiger charge is -2.17. The largest absolute Gasteiger partial charge is 0.0766 e. The lowest BCUT2D eigenvalue weighted by molar-refractivity contribution is 0.848. The van der Waals surface area contributed by atoms with E-state index in [1.54, 1.807) is 34.7 Å². The first-order chi connectivity index (χ1) is 5.72. The number of hydrogen-bond donors (Lipinski definition) is 0. The van der Waals surface area contributed by atoms with Gasteiger partial charge < -0.3 is 0 Å². The summed E-state index contributed by atoms with van der Waals surface area (Å²) in [5.41, 5.74) is 0. The van der Waals surface area contributed by atoms with Crippen LogP contribution in [0.3, 0.4) is 0 Å². The van der Waals surface area contributed by atoms with Gasteiger partial charge in [0.1, 0.15) is 0 Å². The average molecular weight is 219 g/mol. The molecule has 0 aromatic rings. The van der Waals surface area contributed by atoms with Crippen LogP contribution in [0.4, 0.5) is 0 Å². The molecule has 3 heteroatoms. The minimum Gasteiger partial charge on any atom is -0.0766 e. The molecule has 0 radical (unpaired) electrons. The third-order valence-corrected chi connectivity index (χ3v) is 23.1.